The summed E-state index contributed by atoms with van der Waals surface area (Å²) in [5.74, 6) is 1.56. The summed E-state index contributed by atoms with van der Waals surface area (Å²) >= 11 is 0. The maximum Gasteiger partial charge on any atom is 0.134 e. The molecule has 1 aliphatic rings. The van der Waals surface area contributed by atoms with Gasteiger partial charge in [-0.3, -0.25) is 14.3 Å². The third-order valence-corrected chi connectivity index (χ3v) is 5.07. The van der Waals surface area contributed by atoms with Crippen LogP contribution in [0.3, 0.4) is 0 Å². The molecule has 5 rings (SSSR count). The Labute approximate surface area is 161 Å². The van der Waals surface area contributed by atoms with E-state index in [1.807, 2.05) is 44.4 Å². The monoisotopic (exact) mass is 379 g/mol. The number of aryl methyl sites for hydroxylation is 1. The molecule has 0 fully saturated rings. The van der Waals surface area contributed by atoms with E-state index < -0.39 is 0 Å². The van der Waals surface area contributed by atoms with Crippen molar-refractivity contribution >= 4 is 0 Å². The van der Waals surface area contributed by atoms with Gasteiger partial charge < -0.3 is 14.0 Å². The topological polar surface area (TPSA) is 83.0 Å². The van der Waals surface area contributed by atoms with Crippen molar-refractivity contribution in [3.8, 4) is 28.5 Å². The molecular weight excluding hydrogens is 358 g/mol. The predicted molar refractivity (Wildman–Crippen MR) is 102 cm³/mol. The fourth-order valence-corrected chi connectivity index (χ4v) is 3.67. The van der Waals surface area contributed by atoms with E-state index in [4.69, 9.17) is 14.0 Å². The molecule has 0 radical (unpaired) electrons. The fourth-order valence-electron chi connectivity index (χ4n) is 3.67. The van der Waals surface area contributed by atoms with Gasteiger partial charge in [-0.2, -0.15) is 0 Å². The number of aromatic amines is 1. The number of nitrogens with one attached hydrogen (secondary N) is 1. The minimum absolute atomic E-state index is 0.550. The van der Waals surface area contributed by atoms with Crippen molar-refractivity contribution < 1.29 is 14.0 Å². The van der Waals surface area contributed by atoms with Crippen LogP contribution in [0.2, 0.25) is 0 Å². The zero-order valence-corrected chi connectivity index (χ0v) is 16.0. The van der Waals surface area contributed by atoms with Gasteiger partial charge in [-0.15, -0.1) is 0 Å². The van der Waals surface area contributed by atoms with E-state index in [0.717, 1.165) is 51.4 Å². The van der Waals surface area contributed by atoms with Gasteiger partial charge in [-0.25, -0.2) is 4.98 Å². The number of rotatable bonds is 5. The molecule has 144 valence electrons. The Balaban J connectivity index is 1.70. The highest BCUT2D eigenvalue weighted by Gasteiger charge is 2.28. The fraction of sp³-hybridized carbons (Fsp3) is 0.300. The summed E-state index contributed by atoms with van der Waals surface area (Å²) in [4.78, 5) is 4.65. The van der Waals surface area contributed by atoms with E-state index in [0.29, 0.717) is 19.6 Å². The summed E-state index contributed by atoms with van der Waals surface area (Å²) in [5, 5.41) is 7.59. The molecule has 0 saturated carbocycles. The van der Waals surface area contributed by atoms with Gasteiger partial charge in [0.25, 0.3) is 0 Å². The molecule has 0 amide bonds. The highest BCUT2D eigenvalue weighted by atomic mass is 16.5. The number of imidazole rings is 1. The molecule has 0 saturated heterocycles. The van der Waals surface area contributed by atoms with Crippen LogP contribution < -0.4 is 4.74 Å². The summed E-state index contributed by atoms with van der Waals surface area (Å²) in [6, 6.07) is 7.94. The SMILES string of the molecule is CCOCc1[nH]n2c1Cc1c(-c3cc(C)on3)ncn1-c1ccc(OC)cc1-2. The van der Waals surface area contributed by atoms with E-state index in [1.165, 1.54) is 0 Å². The number of fused-ring (bicyclic) bond motifs is 5. The molecule has 0 spiro atoms. The number of aromatic nitrogens is 5. The maximum absolute atomic E-state index is 5.63. The van der Waals surface area contributed by atoms with Crippen molar-refractivity contribution in [2.24, 2.45) is 0 Å². The predicted octanol–water partition coefficient (Wildman–Crippen LogP) is 3.40. The Hall–Kier alpha value is -3.26. The molecule has 1 aromatic carbocycles. The third kappa shape index (κ3) is 2.49. The number of nitrogens with zero attached hydrogens (tertiary/aromatic N) is 4. The lowest BCUT2D eigenvalue weighted by molar-refractivity contribution is 0.126. The summed E-state index contributed by atoms with van der Waals surface area (Å²) in [6.45, 7) is 5.10. The lowest BCUT2D eigenvalue weighted by Crippen LogP contribution is -2.20. The van der Waals surface area contributed by atoms with Gasteiger partial charge in [-0.1, -0.05) is 5.16 Å². The summed E-state index contributed by atoms with van der Waals surface area (Å²) in [6.07, 6.45) is 2.54. The Morgan fingerprint density at radius 3 is 2.86 bits per heavy atom. The van der Waals surface area contributed by atoms with Crippen LogP contribution in [0, 0.1) is 6.92 Å². The van der Waals surface area contributed by atoms with Gasteiger partial charge >= 0.3 is 0 Å². The summed E-state index contributed by atoms with van der Waals surface area (Å²) < 4.78 is 20.6. The minimum Gasteiger partial charge on any atom is -0.497 e. The molecule has 1 N–H and O–H groups in total. The number of benzene rings is 1. The van der Waals surface area contributed by atoms with Crippen molar-refractivity contribution in [3.05, 3.63) is 53.4 Å². The number of hydrogen-bond acceptors (Lipinski definition) is 5. The standard InChI is InChI=1S/C20H21N5O3/c1-4-27-10-15-17-9-19-20(14-7-12(2)28-23-14)21-11-24(19)16-6-5-13(26-3)8-18(16)25(17)22-15/h5-8,11,22H,4,9-10H2,1-3H3. The first-order chi connectivity index (χ1) is 13.7. The van der Waals surface area contributed by atoms with Crippen molar-refractivity contribution in [1.82, 2.24) is 24.5 Å². The molecule has 0 aliphatic carbocycles. The van der Waals surface area contributed by atoms with Gasteiger partial charge in [0.15, 0.2) is 0 Å². The van der Waals surface area contributed by atoms with Crippen LogP contribution in [0.4, 0.5) is 0 Å². The van der Waals surface area contributed by atoms with Gasteiger partial charge in [0, 0.05) is 25.2 Å². The zero-order valence-electron chi connectivity index (χ0n) is 16.0. The molecule has 1 aliphatic heterocycles. The Bertz CT molecular complexity index is 1150. The molecule has 0 bridgehead atoms. The average Bonchev–Trinajstić information content (AvgIpc) is 3.28. The van der Waals surface area contributed by atoms with Crippen molar-refractivity contribution in [2.45, 2.75) is 26.9 Å². The van der Waals surface area contributed by atoms with Crippen molar-refractivity contribution in [1.29, 1.82) is 0 Å². The first-order valence-corrected chi connectivity index (χ1v) is 9.24. The number of ether oxygens (including phenoxy) is 2. The first-order valence-electron chi connectivity index (χ1n) is 9.24. The lowest BCUT2D eigenvalue weighted by Gasteiger charge is -2.23. The molecular formula is C20H21N5O3. The highest BCUT2D eigenvalue weighted by molar-refractivity contribution is 5.65. The Morgan fingerprint density at radius 1 is 1.21 bits per heavy atom. The average molecular weight is 379 g/mol. The quantitative estimate of drug-likeness (QED) is 0.506. The number of methoxy groups -OCH3 is 1. The van der Waals surface area contributed by atoms with Gasteiger partial charge in [0.05, 0.1) is 42.2 Å². The van der Waals surface area contributed by atoms with E-state index >= 15 is 0 Å². The third-order valence-electron chi connectivity index (χ3n) is 5.07. The molecule has 0 unspecified atom stereocenters. The number of H-pyrrole nitrogens is 1. The Morgan fingerprint density at radius 2 is 2.11 bits per heavy atom. The Kier molecular flexibility index (Phi) is 3.87. The molecule has 0 atom stereocenters. The number of hydrogen-bond donors (Lipinski definition) is 1. The van der Waals surface area contributed by atoms with E-state index in [9.17, 15) is 0 Å². The second-order valence-electron chi connectivity index (χ2n) is 6.77. The van der Waals surface area contributed by atoms with E-state index in [-0.39, 0.29) is 0 Å². The van der Waals surface area contributed by atoms with Gasteiger partial charge in [-0.05, 0) is 26.0 Å². The van der Waals surface area contributed by atoms with E-state index in [2.05, 4.69) is 24.5 Å². The second-order valence-corrected chi connectivity index (χ2v) is 6.77. The molecule has 4 aromatic rings. The zero-order chi connectivity index (χ0) is 19.3. The van der Waals surface area contributed by atoms with Crippen LogP contribution in [0.1, 0.15) is 29.8 Å². The molecule has 8 nitrogen and oxygen atoms in total. The molecule has 8 heteroatoms. The van der Waals surface area contributed by atoms with Crippen molar-refractivity contribution in [2.75, 3.05) is 13.7 Å². The van der Waals surface area contributed by atoms with Crippen LogP contribution in [-0.4, -0.2) is 38.2 Å². The minimum atomic E-state index is 0.550. The highest BCUT2D eigenvalue weighted by Crippen LogP contribution is 2.36. The van der Waals surface area contributed by atoms with Crippen LogP contribution in [0.25, 0.3) is 22.8 Å². The van der Waals surface area contributed by atoms with Crippen LogP contribution >= 0.6 is 0 Å². The molecule has 4 heterocycles. The van der Waals surface area contributed by atoms with Gasteiger partial charge in [0.2, 0.25) is 0 Å². The lowest BCUT2D eigenvalue weighted by atomic mass is 10.1. The second kappa shape index (κ2) is 6.42. The summed E-state index contributed by atoms with van der Waals surface area (Å²) in [7, 11) is 1.67. The van der Waals surface area contributed by atoms with Crippen molar-refractivity contribution in [3.63, 3.8) is 0 Å². The molecule has 28 heavy (non-hydrogen) atoms. The smallest absolute Gasteiger partial charge is 0.134 e. The first kappa shape index (κ1) is 16.9. The normalized spacial score (nSPS) is 12.4. The maximum atomic E-state index is 5.63. The summed E-state index contributed by atoms with van der Waals surface area (Å²) in [5.41, 5.74) is 6.90. The van der Waals surface area contributed by atoms with Gasteiger partial charge in [0.1, 0.15) is 29.2 Å². The van der Waals surface area contributed by atoms with E-state index in [1.54, 1.807) is 7.11 Å². The van der Waals surface area contributed by atoms with Crippen LogP contribution in [0.15, 0.2) is 35.1 Å². The van der Waals surface area contributed by atoms with Crippen LogP contribution in [0.5, 0.6) is 5.75 Å². The van der Waals surface area contributed by atoms with Crippen LogP contribution in [-0.2, 0) is 17.8 Å². The largest absolute Gasteiger partial charge is 0.497 e. The molecule has 3 aromatic heterocycles.